The van der Waals surface area contributed by atoms with Crippen LogP contribution in [-0.2, 0) is 4.79 Å². The van der Waals surface area contributed by atoms with Crippen molar-refractivity contribution in [3.8, 4) is 17.0 Å². The van der Waals surface area contributed by atoms with Crippen LogP contribution < -0.4 is 9.64 Å². The predicted molar refractivity (Wildman–Crippen MR) is 155 cm³/mol. The first-order valence-corrected chi connectivity index (χ1v) is 13.5. The Balaban J connectivity index is 1.25. The zero-order chi connectivity index (χ0) is 27.9. The van der Waals surface area contributed by atoms with Gasteiger partial charge in [-0.1, -0.05) is 60.7 Å². The van der Waals surface area contributed by atoms with Crippen LogP contribution in [0.25, 0.3) is 11.3 Å². The quantitative estimate of drug-likeness (QED) is 0.325. The van der Waals surface area contributed by atoms with Gasteiger partial charge in [0.1, 0.15) is 12.3 Å². The fourth-order valence-electron chi connectivity index (χ4n) is 4.88. The van der Waals surface area contributed by atoms with E-state index in [2.05, 4.69) is 15.1 Å². The van der Waals surface area contributed by atoms with Gasteiger partial charge in [0.25, 0.3) is 5.91 Å². The first-order valence-electron chi connectivity index (χ1n) is 13.5. The van der Waals surface area contributed by atoms with Crippen LogP contribution in [0.1, 0.15) is 28.9 Å². The van der Waals surface area contributed by atoms with Gasteiger partial charge in [0.15, 0.2) is 5.82 Å². The summed E-state index contributed by atoms with van der Waals surface area (Å²) in [4.78, 5) is 32.7. The number of rotatable bonds is 8. The first kappa shape index (κ1) is 26.9. The molecule has 0 bridgehead atoms. The summed E-state index contributed by atoms with van der Waals surface area (Å²) in [5, 5.41) is 8.83. The third kappa shape index (κ3) is 6.12. The number of carbonyl (C=O) groups excluding carboxylic acids is 2. The SMILES string of the molecule is COc1ccc(C(=O)N(CC(=O)N2CCN(c3ccc(-c4ccccc4)nn3)CC2)C(C)c2ccccc2)cc1. The van der Waals surface area contributed by atoms with Crippen LogP contribution in [0.15, 0.2) is 97.1 Å². The zero-order valence-electron chi connectivity index (χ0n) is 22.8. The van der Waals surface area contributed by atoms with E-state index < -0.39 is 0 Å². The number of ether oxygens (including phenoxy) is 1. The fraction of sp³-hybridized carbons (Fsp3) is 0.250. The Morgan fingerprint density at radius 3 is 2.08 bits per heavy atom. The number of aromatic nitrogens is 2. The third-order valence-electron chi connectivity index (χ3n) is 7.33. The molecule has 1 unspecified atom stereocenters. The summed E-state index contributed by atoms with van der Waals surface area (Å²) >= 11 is 0. The van der Waals surface area contributed by atoms with Gasteiger partial charge in [-0.25, -0.2) is 0 Å². The van der Waals surface area contributed by atoms with Crippen LogP contribution >= 0.6 is 0 Å². The smallest absolute Gasteiger partial charge is 0.254 e. The van der Waals surface area contributed by atoms with Crippen molar-refractivity contribution in [1.82, 2.24) is 20.0 Å². The molecule has 8 heteroatoms. The number of hydrogen-bond acceptors (Lipinski definition) is 6. The van der Waals surface area contributed by atoms with Gasteiger partial charge in [0, 0.05) is 37.3 Å². The highest BCUT2D eigenvalue weighted by Crippen LogP contribution is 2.24. The Morgan fingerprint density at radius 2 is 1.48 bits per heavy atom. The number of anilines is 1. The minimum Gasteiger partial charge on any atom is -0.497 e. The lowest BCUT2D eigenvalue weighted by Gasteiger charge is -2.37. The van der Waals surface area contributed by atoms with Gasteiger partial charge in [0.05, 0.1) is 18.8 Å². The maximum atomic E-state index is 13.6. The van der Waals surface area contributed by atoms with Gasteiger partial charge >= 0.3 is 0 Å². The third-order valence-corrected chi connectivity index (χ3v) is 7.33. The predicted octanol–water partition coefficient (Wildman–Crippen LogP) is 4.70. The lowest BCUT2D eigenvalue weighted by atomic mass is 10.1. The molecule has 3 aromatic carbocycles. The molecule has 1 aromatic heterocycles. The van der Waals surface area contributed by atoms with Gasteiger partial charge in [0.2, 0.25) is 5.91 Å². The molecule has 4 aromatic rings. The Morgan fingerprint density at radius 1 is 0.825 bits per heavy atom. The molecule has 0 N–H and O–H groups in total. The minimum atomic E-state index is -0.278. The van der Waals surface area contributed by atoms with E-state index in [-0.39, 0.29) is 24.4 Å². The minimum absolute atomic E-state index is 0.00744. The van der Waals surface area contributed by atoms with E-state index in [1.54, 1.807) is 36.3 Å². The molecule has 0 radical (unpaired) electrons. The highest BCUT2D eigenvalue weighted by molar-refractivity contribution is 5.97. The molecule has 0 saturated carbocycles. The Bertz CT molecular complexity index is 1400. The van der Waals surface area contributed by atoms with E-state index >= 15 is 0 Å². The van der Waals surface area contributed by atoms with Crippen molar-refractivity contribution in [2.45, 2.75) is 13.0 Å². The molecule has 5 rings (SSSR count). The lowest BCUT2D eigenvalue weighted by Crippen LogP contribution is -2.52. The van der Waals surface area contributed by atoms with Crippen molar-refractivity contribution in [3.63, 3.8) is 0 Å². The Kier molecular flexibility index (Phi) is 8.35. The fourth-order valence-corrected chi connectivity index (χ4v) is 4.88. The molecule has 1 aliphatic heterocycles. The van der Waals surface area contributed by atoms with Crippen molar-refractivity contribution in [1.29, 1.82) is 0 Å². The van der Waals surface area contributed by atoms with Crippen LogP contribution in [0.2, 0.25) is 0 Å². The number of carbonyl (C=O) groups is 2. The van der Waals surface area contributed by atoms with Crippen LogP contribution in [0.3, 0.4) is 0 Å². The summed E-state index contributed by atoms with van der Waals surface area (Å²) in [6.07, 6.45) is 0. The van der Waals surface area contributed by atoms with E-state index in [1.165, 1.54) is 0 Å². The molecule has 204 valence electrons. The Hall–Kier alpha value is -4.72. The molecule has 2 amide bonds. The van der Waals surface area contributed by atoms with E-state index in [4.69, 9.17) is 4.74 Å². The van der Waals surface area contributed by atoms with Crippen LogP contribution in [-0.4, -0.2) is 71.6 Å². The average molecular weight is 536 g/mol. The summed E-state index contributed by atoms with van der Waals surface area (Å²) in [6, 6.07) is 30.4. The number of amides is 2. The molecule has 8 nitrogen and oxygen atoms in total. The lowest BCUT2D eigenvalue weighted by molar-refractivity contribution is -0.132. The second kappa shape index (κ2) is 12.4. The highest BCUT2D eigenvalue weighted by atomic mass is 16.5. The summed E-state index contributed by atoms with van der Waals surface area (Å²) in [5.41, 5.74) is 3.33. The first-order chi connectivity index (χ1) is 19.5. The Labute approximate surface area is 234 Å². The van der Waals surface area contributed by atoms with Gasteiger partial charge in [-0.3, -0.25) is 9.59 Å². The van der Waals surface area contributed by atoms with E-state index in [1.807, 2.05) is 84.6 Å². The molecule has 0 spiro atoms. The molecule has 1 saturated heterocycles. The van der Waals surface area contributed by atoms with Gasteiger partial charge in [-0.05, 0) is 48.9 Å². The second-order valence-electron chi connectivity index (χ2n) is 9.76. The zero-order valence-corrected chi connectivity index (χ0v) is 22.8. The van der Waals surface area contributed by atoms with Crippen LogP contribution in [0.4, 0.5) is 5.82 Å². The number of piperazine rings is 1. The number of methoxy groups -OCH3 is 1. The summed E-state index contributed by atoms with van der Waals surface area (Å²) < 4.78 is 5.24. The topological polar surface area (TPSA) is 78.9 Å². The summed E-state index contributed by atoms with van der Waals surface area (Å²) in [5.74, 6) is 1.20. The largest absolute Gasteiger partial charge is 0.497 e. The van der Waals surface area contributed by atoms with E-state index in [0.717, 1.165) is 22.6 Å². The van der Waals surface area contributed by atoms with E-state index in [0.29, 0.717) is 37.5 Å². The standard InChI is InChI=1S/C32H33N5O3/c1-24(25-9-5-3-6-10-25)37(32(39)27-13-15-28(40-2)16-14-27)23-31(38)36-21-19-35(20-22-36)30-18-17-29(33-34-30)26-11-7-4-8-12-26/h3-18,24H,19-23H2,1-2H3. The van der Waals surface area contributed by atoms with Crippen molar-refractivity contribution in [3.05, 3.63) is 108 Å². The normalized spacial score (nSPS) is 13.9. The molecule has 1 aliphatic rings. The van der Waals surface area contributed by atoms with Crippen molar-refractivity contribution < 1.29 is 14.3 Å². The number of nitrogens with zero attached hydrogens (tertiary/aromatic N) is 5. The number of hydrogen-bond donors (Lipinski definition) is 0. The number of benzene rings is 3. The molecular formula is C32H33N5O3. The molecule has 2 heterocycles. The molecular weight excluding hydrogens is 502 g/mol. The van der Waals surface area contributed by atoms with Gasteiger partial charge < -0.3 is 19.4 Å². The summed E-state index contributed by atoms with van der Waals surface area (Å²) in [6.45, 7) is 4.33. The maximum Gasteiger partial charge on any atom is 0.254 e. The molecule has 1 fully saturated rings. The summed E-state index contributed by atoms with van der Waals surface area (Å²) in [7, 11) is 1.59. The second-order valence-corrected chi connectivity index (χ2v) is 9.76. The average Bonchev–Trinajstić information content (AvgIpc) is 3.04. The van der Waals surface area contributed by atoms with Gasteiger partial charge in [-0.2, -0.15) is 0 Å². The monoisotopic (exact) mass is 535 g/mol. The van der Waals surface area contributed by atoms with Crippen LogP contribution in [0.5, 0.6) is 5.75 Å². The molecule has 40 heavy (non-hydrogen) atoms. The highest BCUT2D eigenvalue weighted by Gasteiger charge is 2.29. The van der Waals surface area contributed by atoms with Crippen molar-refractivity contribution in [2.75, 3.05) is 44.7 Å². The van der Waals surface area contributed by atoms with E-state index in [9.17, 15) is 9.59 Å². The van der Waals surface area contributed by atoms with Crippen molar-refractivity contribution >= 4 is 17.6 Å². The van der Waals surface area contributed by atoms with Gasteiger partial charge in [-0.15, -0.1) is 10.2 Å². The molecule has 1 atom stereocenters. The van der Waals surface area contributed by atoms with Crippen molar-refractivity contribution in [2.24, 2.45) is 0 Å². The molecule has 0 aliphatic carbocycles. The maximum absolute atomic E-state index is 13.6. The van der Waals surface area contributed by atoms with Crippen LogP contribution in [0, 0.1) is 0 Å².